The maximum Gasteiger partial charge on any atom is 0.229 e. The molecule has 6 rings (SSSR count). The molecule has 3 fully saturated rings. The fourth-order valence-electron chi connectivity index (χ4n) is 7.00. The van der Waals surface area contributed by atoms with Gasteiger partial charge in [0, 0.05) is 18.8 Å². The van der Waals surface area contributed by atoms with Gasteiger partial charge in [-0.05, 0) is 62.2 Å². The summed E-state index contributed by atoms with van der Waals surface area (Å²) in [5.74, 6) is 2.57. The highest BCUT2D eigenvalue weighted by atomic mass is 35.5. The van der Waals surface area contributed by atoms with E-state index in [0.29, 0.717) is 35.2 Å². The summed E-state index contributed by atoms with van der Waals surface area (Å²) in [6, 6.07) is 6.10. The summed E-state index contributed by atoms with van der Waals surface area (Å²) >= 11 is 6.60. The Hall–Kier alpha value is -2.78. The number of nitrogens with one attached hydrogen (secondary N) is 3. The molecule has 4 atom stereocenters. The van der Waals surface area contributed by atoms with E-state index in [1.165, 1.54) is 0 Å². The lowest BCUT2D eigenvalue weighted by molar-refractivity contribution is -0.155. The third-order valence-corrected chi connectivity index (χ3v) is 9.85. The first-order chi connectivity index (χ1) is 18.6. The van der Waals surface area contributed by atoms with E-state index >= 15 is 0 Å². The number of carbonyl (C=O) groups is 1. The van der Waals surface area contributed by atoms with E-state index < -0.39 is 5.54 Å². The minimum absolute atomic E-state index is 0.0582. The zero-order chi connectivity index (χ0) is 27.9. The summed E-state index contributed by atoms with van der Waals surface area (Å²) in [4.78, 5) is 26.9. The Bertz CT molecular complexity index is 1220. The summed E-state index contributed by atoms with van der Waals surface area (Å²) in [6.45, 7) is 15.5. The number of aromatic nitrogens is 2. The van der Waals surface area contributed by atoms with Crippen LogP contribution in [0.15, 0.2) is 24.4 Å². The third kappa shape index (κ3) is 4.99. The molecule has 1 aromatic carbocycles. The number of fused-ring (bicyclic) bond motifs is 3. The fraction of sp³-hybridized carbons (Fsp3) is 0.621. The second-order valence-electron chi connectivity index (χ2n) is 11.9. The molecule has 212 valence electrons. The van der Waals surface area contributed by atoms with Crippen molar-refractivity contribution in [2.24, 2.45) is 23.2 Å². The van der Waals surface area contributed by atoms with Crippen molar-refractivity contribution in [2.75, 3.05) is 55.5 Å². The van der Waals surface area contributed by atoms with Gasteiger partial charge >= 0.3 is 0 Å². The van der Waals surface area contributed by atoms with Crippen LogP contribution in [-0.4, -0.2) is 66.3 Å². The number of amides is 1. The summed E-state index contributed by atoms with van der Waals surface area (Å²) < 4.78 is 6.01. The lowest BCUT2D eigenvalue weighted by Gasteiger charge is -2.66. The lowest BCUT2D eigenvalue weighted by atomic mass is 9.40. The molecule has 1 aromatic heterocycles. The monoisotopic (exact) mass is 555 g/mol. The maximum atomic E-state index is 12.9. The Kier molecular flexibility index (Phi) is 7.59. The number of rotatable bonds is 9. The highest BCUT2D eigenvalue weighted by molar-refractivity contribution is 6.32. The minimum Gasteiger partial charge on any atom is -0.489 e. The van der Waals surface area contributed by atoms with Crippen molar-refractivity contribution < 1.29 is 9.53 Å². The van der Waals surface area contributed by atoms with Gasteiger partial charge in [-0.2, -0.15) is 4.98 Å². The molecule has 1 aliphatic heterocycles. The normalized spacial score (nSPS) is 26.8. The molecule has 9 nitrogen and oxygen atoms in total. The summed E-state index contributed by atoms with van der Waals surface area (Å²) in [5.41, 5.74) is 1.59. The number of ether oxygens (including phenoxy) is 1. The molecule has 0 radical (unpaired) electrons. The van der Waals surface area contributed by atoms with Crippen molar-refractivity contribution in [3.05, 3.63) is 29.4 Å². The van der Waals surface area contributed by atoms with E-state index in [4.69, 9.17) is 21.3 Å². The van der Waals surface area contributed by atoms with Crippen molar-refractivity contribution in [1.29, 1.82) is 0 Å². The number of anilines is 4. The molecule has 3 N–H and O–H groups in total. The van der Waals surface area contributed by atoms with Gasteiger partial charge in [-0.25, -0.2) is 4.98 Å². The van der Waals surface area contributed by atoms with Gasteiger partial charge in [0.15, 0.2) is 5.82 Å². The molecular weight excluding hydrogens is 514 g/mol. The number of carbonyl (C=O) groups excluding carboxylic acids is 1. The Morgan fingerprint density at radius 2 is 2.00 bits per heavy atom. The molecule has 10 heteroatoms. The van der Waals surface area contributed by atoms with Crippen molar-refractivity contribution >= 4 is 40.6 Å². The first-order valence-corrected chi connectivity index (χ1v) is 14.5. The summed E-state index contributed by atoms with van der Waals surface area (Å²) in [5, 5.41) is 10.2. The van der Waals surface area contributed by atoms with E-state index in [1.54, 1.807) is 13.2 Å². The molecule has 2 aromatic rings. The number of hydrogen-bond donors (Lipinski definition) is 3. The molecule has 0 saturated heterocycles. The Morgan fingerprint density at radius 3 is 2.69 bits per heavy atom. The Labute approximate surface area is 237 Å². The largest absolute Gasteiger partial charge is 0.489 e. The van der Waals surface area contributed by atoms with Crippen LogP contribution in [0.4, 0.5) is 23.1 Å². The van der Waals surface area contributed by atoms with Crippen molar-refractivity contribution in [1.82, 2.24) is 20.2 Å². The SMILES string of the molecule is CCN(CC)CN1CCOc2cc(Nc3ncc(Cl)c(N[C@@]4(C)[C@@H](C(=O)NC)C[C@@H]5C[C@@H]4C5(C)C)n3)ccc21. The molecule has 3 aliphatic carbocycles. The minimum atomic E-state index is -0.485. The van der Waals surface area contributed by atoms with Gasteiger partial charge in [-0.15, -0.1) is 0 Å². The van der Waals surface area contributed by atoms with Gasteiger partial charge in [0.05, 0.1) is 36.6 Å². The molecule has 39 heavy (non-hydrogen) atoms. The van der Waals surface area contributed by atoms with Gasteiger partial charge in [-0.3, -0.25) is 9.69 Å². The fourth-order valence-corrected chi connectivity index (χ4v) is 7.14. The zero-order valence-electron chi connectivity index (χ0n) is 24.0. The predicted octanol–water partition coefficient (Wildman–Crippen LogP) is 4.97. The second kappa shape index (κ2) is 10.7. The third-order valence-electron chi connectivity index (χ3n) is 9.57. The van der Waals surface area contributed by atoms with Crippen molar-refractivity contribution in [2.45, 2.75) is 53.0 Å². The van der Waals surface area contributed by atoms with Crippen LogP contribution in [0.5, 0.6) is 5.75 Å². The van der Waals surface area contributed by atoms with Crippen LogP contribution in [0, 0.1) is 23.2 Å². The maximum absolute atomic E-state index is 12.9. The van der Waals surface area contributed by atoms with Crippen LogP contribution in [0.2, 0.25) is 5.02 Å². The average Bonchev–Trinajstić information content (AvgIpc) is 2.92. The van der Waals surface area contributed by atoms with Crippen LogP contribution >= 0.6 is 11.6 Å². The molecule has 2 heterocycles. The van der Waals surface area contributed by atoms with Gasteiger partial charge in [0.25, 0.3) is 0 Å². The molecule has 1 amide bonds. The van der Waals surface area contributed by atoms with Gasteiger partial charge < -0.3 is 25.6 Å². The molecule has 0 spiro atoms. The highest BCUT2D eigenvalue weighted by Gasteiger charge is 2.64. The van der Waals surface area contributed by atoms with Crippen LogP contribution in [0.25, 0.3) is 0 Å². The number of benzene rings is 1. The Balaban J connectivity index is 1.37. The van der Waals surface area contributed by atoms with Gasteiger partial charge in [0.2, 0.25) is 11.9 Å². The van der Waals surface area contributed by atoms with Crippen LogP contribution in [0.3, 0.4) is 0 Å². The van der Waals surface area contributed by atoms with E-state index in [9.17, 15) is 4.79 Å². The summed E-state index contributed by atoms with van der Waals surface area (Å²) in [6.07, 6.45) is 3.55. The molecule has 2 bridgehead atoms. The number of nitrogens with zero attached hydrogens (tertiary/aromatic N) is 4. The quantitative estimate of drug-likeness (QED) is 0.399. The number of hydrogen-bond acceptors (Lipinski definition) is 8. The van der Waals surface area contributed by atoms with E-state index in [2.05, 4.69) is 71.4 Å². The molecule has 4 aliphatic rings. The molecule has 3 saturated carbocycles. The van der Waals surface area contributed by atoms with Crippen LogP contribution < -0.4 is 25.6 Å². The second-order valence-corrected chi connectivity index (χ2v) is 12.3. The van der Waals surface area contributed by atoms with E-state index in [-0.39, 0.29) is 17.2 Å². The molecule has 0 unspecified atom stereocenters. The van der Waals surface area contributed by atoms with Crippen LogP contribution in [-0.2, 0) is 4.79 Å². The van der Waals surface area contributed by atoms with Crippen molar-refractivity contribution in [3.8, 4) is 5.75 Å². The Morgan fingerprint density at radius 1 is 1.23 bits per heavy atom. The zero-order valence-corrected chi connectivity index (χ0v) is 24.7. The first kappa shape index (κ1) is 27.8. The lowest BCUT2D eigenvalue weighted by Crippen LogP contribution is -2.69. The van der Waals surface area contributed by atoms with Gasteiger partial charge in [-0.1, -0.05) is 39.3 Å². The van der Waals surface area contributed by atoms with E-state index in [0.717, 1.165) is 56.3 Å². The number of halogens is 1. The average molecular weight is 556 g/mol. The van der Waals surface area contributed by atoms with Crippen LogP contribution in [0.1, 0.15) is 47.5 Å². The van der Waals surface area contributed by atoms with Gasteiger partial charge in [0.1, 0.15) is 17.4 Å². The topological polar surface area (TPSA) is 94.7 Å². The predicted molar refractivity (Wildman–Crippen MR) is 157 cm³/mol. The standard InChI is InChI=1S/C29H42ClN7O2/c1-7-36(8-2)17-37-11-12-39-23-15-19(9-10-22(23)37)33-27-32-16-21(30)25(34-27)35-29(5)20(26(38)31-6)13-18-14-24(29)28(18,3)4/h9-10,15-16,18,20,24H,7-8,11-14,17H2,1-6H3,(H,31,38)(H2,32,33,34,35)/t18-,20-,24-,29+/m1/s1. The smallest absolute Gasteiger partial charge is 0.229 e. The van der Waals surface area contributed by atoms with E-state index in [1.807, 2.05) is 12.1 Å². The van der Waals surface area contributed by atoms with Crippen molar-refractivity contribution in [3.63, 3.8) is 0 Å². The highest BCUT2D eigenvalue weighted by Crippen LogP contribution is 2.65. The summed E-state index contributed by atoms with van der Waals surface area (Å²) in [7, 11) is 1.71. The first-order valence-electron chi connectivity index (χ1n) is 14.1. The molecular formula is C29H42ClN7O2.